The molecule has 6 nitrogen and oxygen atoms in total. The average Bonchev–Trinajstić information content (AvgIpc) is 2.92. The van der Waals surface area contributed by atoms with Crippen molar-refractivity contribution in [3.63, 3.8) is 0 Å². The highest BCUT2D eigenvalue weighted by Crippen LogP contribution is 2.52. The molecule has 0 aromatic heterocycles. The van der Waals surface area contributed by atoms with Crippen LogP contribution in [-0.2, 0) is 14.3 Å². The molecule has 0 spiro atoms. The Labute approximate surface area is 114 Å². The zero-order valence-corrected chi connectivity index (χ0v) is 11.2. The van der Waals surface area contributed by atoms with Crippen LogP contribution in [0.5, 0.6) is 0 Å². The standard InChI is InChI=1S/C12H15NO5S/c1-5(14)7-10(15)13-8(12(16)17)9(19-11(7)13)6-3-2-4-18-6/h5-7,11,14H,2-4H2,1H3,(H,16,17)/t5?,6-,7?,11-/m1/s1. The summed E-state index contributed by atoms with van der Waals surface area (Å²) >= 11 is 1.35. The van der Waals surface area contributed by atoms with Crippen LogP contribution in [0.2, 0.25) is 0 Å². The van der Waals surface area contributed by atoms with Crippen molar-refractivity contribution in [2.45, 2.75) is 37.3 Å². The van der Waals surface area contributed by atoms with Crippen LogP contribution < -0.4 is 0 Å². The number of thioether (sulfide) groups is 1. The van der Waals surface area contributed by atoms with Gasteiger partial charge in [-0.3, -0.25) is 9.69 Å². The third-order valence-corrected chi connectivity index (χ3v) is 5.21. The number of β-lactam (4-membered cyclic amide) rings is 1. The van der Waals surface area contributed by atoms with E-state index in [1.165, 1.54) is 16.7 Å². The Balaban J connectivity index is 1.91. The normalized spacial score (nSPS) is 35.4. The molecule has 3 aliphatic rings. The first-order chi connectivity index (χ1) is 9.02. The van der Waals surface area contributed by atoms with E-state index in [-0.39, 0.29) is 23.1 Å². The van der Waals surface area contributed by atoms with Crippen molar-refractivity contribution in [2.75, 3.05) is 6.61 Å². The van der Waals surface area contributed by atoms with Crippen molar-refractivity contribution in [3.05, 3.63) is 10.6 Å². The van der Waals surface area contributed by atoms with Gasteiger partial charge in [-0.25, -0.2) is 4.79 Å². The third kappa shape index (κ3) is 1.79. The zero-order chi connectivity index (χ0) is 13.7. The molecule has 1 amide bonds. The maximum Gasteiger partial charge on any atom is 0.353 e. The molecule has 104 valence electrons. The van der Waals surface area contributed by atoms with Crippen molar-refractivity contribution in [2.24, 2.45) is 5.92 Å². The summed E-state index contributed by atoms with van der Waals surface area (Å²) in [6, 6.07) is 0. The lowest BCUT2D eigenvalue weighted by atomic mass is 9.92. The summed E-state index contributed by atoms with van der Waals surface area (Å²) in [5.41, 5.74) is 0.0452. The Morgan fingerprint density at radius 3 is 2.84 bits per heavy atom. The highest BCUT2D eigenvalue weighted by atomic mass is 32.2. The van der Waals surface area contributed by atoms with Crippen molar-refractivity contribution < 1.29 is 24.5 Å². The molecule has 0 aromatic carbocycles. The Bertz CT molecular complexity index is 469. The van der Waals surface area contributed by atoms with E-state index in [0.29, 0.717) is 11.5 Å². The van der Waals surface area contributed by atoms with Crippen LogP contribution in [0.25, 0.3) is 0 Å². The van der Waals surface area contributed by atoms with Gasteiger partial charge in [-0.1, -0.05) is 11.8 Å². The van der Waals surface area contributed by atoms with Gasteiger partial charge in [0, 0.05) is 11.5 Å². The number of carboxylic acid groups (broad SMARTS) is 1. The van der Waals surface area contributed by atoms with Crippen LogP contribution >= 0.6 is 11.8 Å². The number of nitrogens with zero attached hydrogens (tertiary/aromatic N) is 1. The molecule has 0 bridgehead atoms. The summed E-state index contributed by atoms with van der Waals surface area (Å²) in [5, 5.41) is 18.6. The fourth-order valence-electron chi connectivity index (χ4n) is 2.82. The Kier molecular flexibility index (Phi) is 3.07. The van der Waals surface area contributed by atoms with Crippen LogP contribution in [0, 0.1) is 5.92 Å². The van der Waals surface area contributed by atoms with Gasteiger partial charge in [0.2, 0.25) is 5.91 Å². The van der Waals surface area contributed by atoms with E-state index >= 15 is 0 Å². The molecule has 7 heteroatoms. The number of rotatable bonds is 3. The van der Waals surface area contributed by atoms with E-state index < -0.39 is 18.0 Å². The van der Waals surface area contributed by atoms with Crippen LogP contribution in [0.15, 0.2) is 10.6 Å². The van der Waals surface area contributed by atoms with Crippen molar-refractivity contribution in [1.82, 2.24) is 4.90 Å². The minimum absolute atomic E-state index is 0.0452. The molecule has 0 aromatic rings. The molecule has 2 N–H and O–H groups in total. The summed E-state index contributed by atoms with van der Waals surface area (Å²) in [7, 11) is 0. The number of hydrogen-bond donors (Lipinski definition) is 2. The number of aliphatic hydroxyl groups excluding tert-OH is 1. The number of ether oxygens (including phenoxy) is 1. The van der Waals surface area contributed by atoms with Crippen molar-refractivity contribution >= 4 is 23.6 Å². The molecule has 0 aliphatic carbocycles. The second-order valence-corrected chi connectivity index (χ2v) is 6.16. The largest absolute Gasteiger partial charge is 0.477 e. The predicted octanol–water partition coefficient (Wildman–Crippen LogP) is 0.374. The molecule has 19 heavy (non-hydrogen) atoms. The molecule has 2 fully saturated rings. The number of carbonyl (C=O) groups is 2. The highest BCUT2D eigenvalue weighted by Gasteiger charge is 2.58. The van der Waals surface area contributed by atoms with E-state index in [9.17, 15) is 19.8 Å². The predicted molar refractivity (Wildman–Crippen MR) is 67.0 cm³/mol. The maximum absolute atomic E-state index is 12.0. The van der Waals surface area contributed by atoms with Gasteiger partial charge < -0.3 is 14.9 Å². The van der Waals surface area contributed by atoms with Gasteiger partial charge >= 0.3 is 5.97 Å². The van der Waals surface area contributed by atoms with Gasteiger partial charge in [0.25, 0.3) is 0 Å². The molecule has 3 aliphatic heterocycles. The van der Waals surface area contributed by atoms with Gasteiger partial charge in [-0.15, -0.1) is 0 Å². The summed E-state index contributed by atoms with van der Waals surface area (Å²) < 4.78 is 5.53. The lowest BCUT2D eigenvalue weighted by molar-refractivity contribution is -0.156. The van der Waals surface area contributed by atoms with Crippen LogP contribution in [0.3, 0.4) is 0 Å². The lowest BCUT2D eigenvalue weighted by Gasteiger charge is -2.43. The minimum Gasteiger partial charge on any atom is -0.477 e. The summed E-state index contributed by atoms with van der Waals surface area (Å²) in [4.78, 5) is 25.3. The second-order valence-electron chi connectivity index (χ2n) is 5.00. The first kappa shape index (κ1) is 13.0. The Morgan fingerprint density at radius 2 is 2.32 bits per heavy atom. The molecule has 0 saturated carbocycles. The number of fused-ring (bicyclic) bond motifs is 1. The van der Waals surface area contributed by atoms with E-state index in [0.717, 1.165) is 12.8 Å². The van der Waals surface area contributed by atoms with Crippen LogP contribution in [-0.4, -0.2) is 51.2 Å². The van der Waals surface area contributed by atoms with Crippen LogP contribution in [0.1, 0.15) is 19.8 Å². The number of aliphatic hydroxyl groups is 1. The first-order valence-corrected chi connectivity index (χ1v) is 7.17. The molecule has 3 heterocycles. The van der Waals surface area contributed by atoms with Crippen molar-refractivity contribution in [3.8, 4) is 0 Å². The third-order valence-electron chi connectivity index (χ3n) is 3.75. The average molecular weight is 285 g/mol. The van der Waals surface area contributed by atoms with Gasteiger partial charge in [0.15, 0.2) is 0 Å². The quantitative estimate of drug-likeness (QED) is 0.729. The number of aliphatic carboxylic acids is 1. The van der Waals surface area contributed by atoms with E-state index in [4.69, 9.17) is 4.74 Å². The lowest BCUT2D eigenvalue weighted by Crippen LogP contribution is -2.60. The Morgan fingerprint density at radius 1 is 1.58 bits per heavy atom. The van der Waals surface area contributed by atoms with Gasteiger partial charge in [-0.05, 0) is 19.8 Å². The smallest absolute Gasteiger partial charge is 0.353 e. The molecule has 4 atom stereocenters. The number of carbonyl (C=O) groups excluding carboxylic acids is 1. The topological polar surface area (TPSA) is 87.1 Å². The molecule has 2 saturated heterocycles. The molecule has 3 rings (SSSR count). The second kappa shape index (κ2) is 4.50. The SMILES string of the molecule is CC(O)C1C(=O)N2C(C(=O)O)=C([C@H]3CCCO3)S[C@H]12. The fraction of sp³-hybridized carbons (Fsp3) is 0.667. The first-order valence-electron chi connectivity index (χ1n) is 6.29. The molecule has 0 radical (unpaired) electrons. The van der Waals surface area contributed by atoms with Gasteiger partial charge in [-0.2, -0.15) is 0 Å². The monoisotopic (exact) mass is 285 g/mol. The molecule has 2 unspecified atom stereocenters. The summed E-state index contributed by atoms with van der Waals surface area (Å²) in [6.07, 6.45) is 0.706. The number of carboxylic acids is 1. The van der Waals surface area contributed by atoms with E-state index in [1.54, 1.807) is 6.92 Å². The number of amides is 1. The van der Waals surface area contributed by atoms with E-state index in [2.05, 4.69) is 0 Å². The van der Waals surface area contributed by atoms with Gasteiger partial charge in [0.1, 0.15) is 11.1 Å². The van der Waals surface area contributed by atoms with E-state index in [1.807, 2.05) is 0 Å². The zero-order valence-electron chi connectivity index (χ0n) is 10.4. The number of hydrogen-bond acceptors (Lipinski definition) is 5. The summed E-state index contributed by atoms with van der Waals surface area (Å²) in [5.74, 6) is -1.92. The Hall–Kier alpha value is -1.05. The maximum atomic E-state index is 12.0. The molecular formula is C12H15NO5S. The van der Waals surface area contributed by atoms with Crippen molar-refractivity contribution in [1.29, 1.82) is 0 Å². The van der Waals surface area contributed by atoms with Gasteiger partial charge in [0.05, 0.1) is 18.1 Å². The minimum atomic E-state index is -1.10. The highest BCUT2D eigenvalue weighted by molar-refractivity contribution is 8.04. The van der Waals surface area contributed by atoms with Crippen LogP contribution in [0.4, 0.5) is 0 Å². The summed E-state index contributed by atoms with van der Waals surface area (Å²) in [6.45, 7) is 2.19. The fourth-order valence-corrected chi connectivity index (χ4v) is 4.52. The molecular weight excluding hydrogens is 270 g/mol.